The lowest BCUT2D eigenvalue weighted by Crippen LogP contribution is -2.41. The maximum Gasteiger partial charge on any atom is 0.260 e. The van der Waals surface area contributed by atoms with Crippen LogP contribution in [0.25, 0.3) is 0 Å². The van der Waals surface area contributed by atoms with Crippen LogP contribution in [0.5, 0.6) is 5.75 Å². The van der Waals surface area contributed by atoms with Gasteiger partial charge in [-0.05, 0) is 12.1 Å². The molecule has 1 fully saturated rings. The summed E-state index contributed by atoms with van der Waals surface area (Å²) in [7, 11) is 0. The highest BCUT2D eigenvalue weighted by atomic mass is 35.5. The van der Waals surface area contributed by atoms with E-state index >= 15 is 0 Å². The SMILES string of the molecule is O=C1CCN(C(=O)COc2c(Cl)cc(Cl)cc2Cl)CC1. The van der Waals surface area contributed by atoms with Gasteiger partial charge in [0.05, 0.1) is 10.0 Å². The van der Waals surface area contributed by atoms with E-state index in [2.05, 4.69) is 0 Å². The molecule has 108 valence electrons. The third-order valence-corrected chi connectivity index (χ3v) is 3.76. The van der Waals surface area contributed by atoms with E-state index in [0.717, 1.165) is 0 Å². The van der Waals surface area contributed by atoms with Crippen molar-refractivity contribution in [3.8, 4) is 5.75 Å². The zero-order chi connectivity index (χ0) is 14.7. The quantitative estimate of drug-likeness (QED) is 0.851. The van der Waals surface area contributed by atoms with Crippen LogP contribution in [0.1, 0.15) is 12.8 Å². The van der Waals surface area contributed by atoms with Gasteiger partial charge in [-0.1, -0.05) is 34.8 Å². The summed E-state index contributed by atoms with van der Waals surface area (Å²) >= 11 is 17.7. The van der Waals surface area contributed by atoms with Crippen LogP contribution < -0.4 is 4.74 Å². The number of carbonyl (C=O) groups excluding carboxylic acids is 2. The monoisotopic (exact) mass is 335 g/mol. The van der Waals surface area contributed by atoms with Gasteiger partial charge in [-0.25, -0.2) is 0 Å². The van der Waals surface area contributed by atoms with Crippen molar-refractivity contribution in [2.24, 2.45) is 0 Å². The molecule has 0 unspecified atom stereocenters. The first-order chi connectivity index (χ1) is 9.47. The number of ketones is 1. The average molecular weight is 337 g/mol. The minimum absolute atomic E-state index is 0.171. The van der Waals surface area contributed by atoms with Gasteiger partial charge in [0, 0.05) is 31.0 Å². The Bertz CT molecular complexity index is 515. The van der Waals surface area contributed by atoms with Crippen molar-refractivity contribution < 1.29 is 14.3 Å². The van der Waals surface area contributed by atoms with Gasteiger partial charge in [-0.2, -0.15) is 0 Å². The summed E-state index contributed by atoms with van der Waals surface area (Å²) in [5.74, 6) is 0.220. The summed E-state index contributed by atoms with van der Waals surface area (Å²) in [5.41, 5.74) is 0. The van der Waals surface area contributed by atoms with Crippen molar-refractivity contribution in [1.82, 2.24) is 4.90 Å². The fourth-order valence-electron chi connectivity index (χ4n) is 1.90. The van der Waals surface area contributed by atoms with E-state index in [-0.39, 0.29) is 34.1 Å². The van der Waals surface area contributed by atoms with E-state index < -0.39 is 0 Å². The third-order valence-electron chi connectivity index (χ3n) is 2.98. The standard InChI is InChI=1S/C13H12Cl3NO3/c14-8-5-10(15)13(11(16)6-8)20-7-12(19)17-3-1-9(18)2-4-17/h5-6H,1-4,7H2. The number of benzene rings is 1. The molecule has 20 heavy (non-hydrogen) atoms. The molecule has 1 heterocycles. The summed E-state index contributed by atoms with van der Waals surface area (Å²) in [5, 5.41) is 0.904. The van der Waals surface area contributed by atoms with Crippen LogP contribution >= 0.6 is 34.8 Å². The number of hydrogen-bond donors (Lipinski definition) is 0. The fraction of sp³-hybridized carbons (Fsp3) is 0.385. The highest BCUT2D eigenvalue weighted by molar-refractivity contribution is 6.40. The second-order valence-corrected chi connectivity index (χ2v) is 5.66. The van der Waals surface area contributed by atoms with Crippen molar-refractivity contribution in [2.45, 2.75) is 12.8 Å². The largest absolute Gasteiger partial charge is 0.481 e. The molecule has 0 bridgehead atoms. The summed E-state index contributed by atoms with van der Waals surface area (Å²) < 4.78 is 5.37. The number of ether oxygens (including phenoxy) is 1. The molecule has 1 aliphatic rings. The Hall–Kier alpha value is -0.970. The number of piperidine rings is 1. The summed E-state index contributed by atoms with van der Waals surface area (Å²) in [6.07, 6.45) is 0.794. The summed E-state index contributed by atoms with van der Waals surface area (Å²) in [4.78, 5) is 24.7. The molecule has 0 aliphatic carbocycles. The molecule has 0 atom stereocenters. The zero-order valence-corrected chi connectivity index (χ0v) is 12.8. The van der Waals surface area contributed by atoms with Crippen LogP contribution in [0.2, 0.25) is 15.1 Å². The maximum atomic E-state index is 11.9. The lowest BCUT2D eigenvalue weighted by molar-refractivity contribution is -0.136. The number of nitrogens with zero attached hydrogens (tertiary/aromatic N) is 1. The van der Waals surface area contributed by atoms with E-state index in [4.69, 9.17) is 39.5 Å². The Morgan fingerprint density at radius 3 is 2.25 bits per heavy atom. The van der Waals surface area contributed by atoms with Gasteiger partial charge in [0.1, 0.15) is 5.78 Å². The molecule has 0 radical (unpaired) electrons. The van der Waals surface area contributed by atoms with Crippen LogP contribution in [0.15, 0.2) is 12.1 Å². The molecule has 0 saturated carbocycles. The van der Waals surface area contributed by atoms with Gasteiger partial charge in [-0.15, -0.1) is 0 Å². The van der Waals surface area contributed by atoms with Crippen molar-refractivity contribution in [3.05, 3.63) is 27.2 Å². The van der Waals surface area contributed by atoms with E-state index in [9.17, 15) is 9.59 Å². The van der Waals surface area contributed by atoms with Crippen LogP contribution in [0.3, 0.4) is 0 Å². The maximum absolute atomic E-state index is 11.9. The predicted octanol–water partition coefficient (Wildman–Crippen LogP) is 3.22. The Kier molecular flexibility index (Phi) is 5.13. The molecule has 1 aliphatic heterocycles. The van der Waals surface area contributed by atoms with Gasteiger partial charge in [0.2, 0.25) is 0 Å². The molecule has 1 saturated heterocycles. The number of rotatable bonds is 3. The number of hydrogen-bond acceptors (Lipinski definition) is 3. The van der Waals surface area contributed by atoms with E-state index in [0.29, 0.717) is 31.0 Å². The minimum Gasteiger partial charge on any atom is -0.481 e. The molecule has 0 spiro atoms. The lowest BCUT2D eigenvalue weighted by atomic mass is 10.1. The highest BCUT2D eigenvalue weighted by Crippen LogP contribution is 2.35. The van der Waals surface area contributed by atoms with Crippen LogP contribution in [0, 0.1) is 0 Å². The molecular weight excluding hydrogens is 325 g/mol. The smallest absolute Gasteiger partial charge is 0.260 e. The Morgan fingerprint density at radius 2 is 1.70 bits per heavy atom. The molecule has 7 heteroatoms. The van der Waals surface area contributed by atoms with Gasteiger partial charge < -0.3 is 9.64 Å². The normalized spacial score (nSPS) is 15.3. The first kappa shape index (κ1) is 15.4. The molecule has 0 aromatic heterocycles. The van der Waals surface area contributed by atoms with E-state index in [1.807, 2.05) is 0 Å². The van der Waals surface area contributed by atoms with E-state index in [1.54, 1.807) is 4.90 Å². The van der Waals surface area contributed by atoms with Gasteiger partial charge in [0.15, 0.2) is 12.4 Å². The predicted molar refractivity (Wildman–Crippen MR) is 77.8 cm³/mol. The molecule has 2 rings (SSSR count). The molecule has 4 nitrogen and oxygen atoms in total. The molecule has 0 N–H and O–H groups in total. The van der Waals surface area contributed by atoms with Crippen molar-refractivity contribution in [1.29, 1.82) is 0 Å². The summed E-state index contributed by atoms with van der Waals surface area (Å²) in [6, 6.07) is 2.99. The number of amides is 1. The Labute approximate surface area is 131 Å². The highest BCUT2D eigenvalue weighted by Gasteiger charge is 2.21. The minimum atomic E-state index is -0.195. The topological polar surface area (TPSA) is 46.6 Å². The molecular formula is C13H12Cl3NO3. The first-order valence-electron chi connectivity index (χ1n) is 6.04. The number of carbonyl (C=O) groups is 2. The average Bonchev–Trinajstić information content (AvgIpc) is 2.38. The summed E-state index contributed by atoms with van der Waals surface area (Å²) in [6.45, 7) is 0.696. The number of halogens is 3. The van der Waals surface area contributed by atoms with Crippen molar-refractivity contribution in [2.75, 3.05) is 19.7 Å². The lowest BCUT2D eigenvalue weighted by Gasteiger charge is -2.26. The fourth-order valence-corrected chi connectivity index (χ4v) is 2.82. The van der Waals surface area contributed by atoms with Crippen LogP contribution in [-0.4, -0.2) is 36.3 Å². The van der Waals surface area contributed by atoms with Crippen molar-refractivity contribution >= 4 is 46.5 Å². The van der Waals surface area contributed by atoms with Crippen LogP contribution in [-0.2, 0) is 9.59 Å². The van der Waals surface area contributed by atoms with Gasteiger partial charge in [-0.3, -0.25) is 9.59 Å². The van der Waals surface area contributed by atoms with Gasteiger partial charge >= 0.3 is 0 Å². The number of Topliss-reactive ketones (excluding diaryl/α,β-unsaturated/α-hetero) is 1. The zero-order valence-electron chi connectivity index (χ0n) is 10.5. The van der Waals surface area contributed by atoms with E-state index in [1.165, 1.54) is 12.1 Å². The Balaban J connectivity index is 1.95. The van der Waals surface area contributed by atoms with Gasteiger partial charge in [0.25, 0.3) is 5.91 Å². The second kappa shape index (κ2) is 6.66. The first-order valence-corrected chi connectivity index (χ1v) is 7.17. The molecule has 1 amide bonds. The number of likely N-dealkylation sites (tertiary alicyclic amines) is 1. The second-order valence-electron chi connectivity index (χ2n) is 4.41. The van der Waals surface area contributed by atoms with Crippen molar-refractivity contribution in [3.63, 3.8) is 0 Å². The Morgan fingerprint density at radius 1 is 1.15 bits per heavy atom. The molecule has 1 aromatic carbocycles. The molecule has 1 aromatic rings. The van der Waals surface area contributed by atoms with Crippen LogP contribution in [0.4, 0.5) is 0 Å². The third kappa shape index (κ3) is 3.78.